The second kappa shape index (κ2) is 4.82. The highest BCUT2D eigenvalue weighted by atomic mass is 35.5. The summed E-state index contributed by atoms with van der Waals surface area (Å²) < 4.78 is 13.7. The molecule has 0 bridgehead atoms. The molecule has 18 heavy (non-hydrogen) atoms. The molecule has 1 aliphatic rings. The van der Waals surface area contributed by atoms with Crippen LogP contribution in [0.3, 0.4) is 0 Å². The third kappa shape index (κ3) is 3.24. The maximum absolute atomic E-state index is 13.7. The van der Waals surface area contributed by atoms with Gasteiger partial charge in [0.05, 0.1) is 0 Å². The lowest BCUT2D eigenvalue weighted by Gasteiger charge is -2.41. The topological polar surface area (TPSA) is 26.0 Å². The molecule has 0 aliphatic heterocycles. The molecule has 0 aromatic heterocycles. The lowest BCUT2D eigenvalue weighted by Crippen LogP contribution is -2.47. The summed E-state index contributed by atoms with van der Waals surface area (Å²) in [5, 5.41) is 0.575. The zero-order chi connectivity index (χ0) is 13.4. The first-order chi connectivity index (χ1) is 8.30. The molecule has 0 spiro atoms. The molecule has 0 saturated heterocycles. The summed E-state index contributed by atoms with van der Waals surface area (Å²) in [6.45, 7) is 4.54. The first-order valence-corrected chi connectivity index (χ1v) is 6.90. The van der Waals surface area contributed by atoms with Crippen molar-refractivity contribution in [3.8, 4) is 0 Å². The summed E-state index contributed by atoms with van der Waals surface area (Å²) in [4.78, 5) is 0. The van der Waals surface area contributed by atoms with Crippen LogP contribution in [0, 0.1) is 11.2 Å². The van der Waals surface area contributed by atoms with Crippen molar-refractivity contribution in [1.29, 1.82) is 0 Å². The zero-order valence-electron chi connectivity index (χ0n) is 11.1. The van der Waals surface area contributed by atoms with Crippen LogP contribution in [0.25, 0.3) is 0 Å². The molecule has 1 saturated carbocycles. The Morgan fingerprint density at radius 2 is 1.83 bits per heavy atom. The van der Waals surface area contributed by atoms with Crippen LogP contribution in [0.4, 0.5) is 4.39 Å². The van der Waals surface area contributed by atoms with Crippen molar-refractivity contribution in [3.63, 3.8) is 0 Å². The van der Waals surface area contributed by atoms with Crippen LogP contribution in [-0.2, 0) is 6.42 Å². The third-order valence-electron chi connectivity index (χ3n) is 4.15. The van der Waals surface area contributed by atoms with Gasteiger partial charge < -0.3 is 5.73 Å². The molecule has 0 unspecified atom stereocenters. The first kappa shape index (κ1) is 13.8. The van der Waals surface area contributed by atoms with Gasteiger partial charge in [0.1, 0.15) is 5.82 Å². The van der Waals surface area contributed by atoms with Crippen molar-refractivity contribution in [2.24, 2.45) is 11.1 Å². The molecule has 1 aromatic carbocycles. The van der Waals surface area contributed by atoms with Gasteiger partial charge in [-0.25, -0.2) is 4.39 Å². The molecule has 2 N–H and O–H groups in total. The second-order valence-electron chi connectivity index (χ2n) is 6.44. The molecule has 1 aromatic rings. The molecule has 2 rings (SSSR count). The largest absolute Gasteiger partial charge is 0.325 e. The Morgan fingerprint density at radius 3 is 2.44 bits per heavy atom. The Hall–Kier alpha value is -0.600. The summed E-state index contributed by atoms with van der Waals surface area (Å²) >= 11 is 5.92. The van der Waals surface area contributed by atoms with E-state index in [-0.39, 0.29) is 11.4 Å². The minimum Gasteiger partial charge on any atom is -0.325 e. The van der Waals surface area contributed by atoms with Crippen molar-refractivity contribution in [2.45, 2.75) is 51.5 Å². The lowest BCUT2D eigenvalue weighted by molar-refractivity contribution is 0.164. The highest BCUT2D eigenvalue weighted by Crippen LogP contribution is 2.40. The van der Waals surface area contributed by atoms with E-state index in [1.54, 1.807) is 12.1 Å². The zero-order valence-corrected chi connectivity index (χ0v) is 11.9. The van der Waals surface area contributed by atoms with Gasteiger partial charge >= 0.3 is 0 Å². The van der Waals surface area contributed by atoms with Crippen molar-refractivity contribution in [2.75, 3.05) is 0 Å². The molecule has 0 amide bonds. The summed E-state index contributed by atoms with van der Waals surface area (Å²) in [7, 11) is 0. The predicted molar refractivity (Wildman–Crippen MR) is 74.3 cm³/mol. The van der Waals surface area contributed by atoms with Crippen LogP contribution in [0.15, 0.2) is 18.2 Å². The summed E-state index contributed by atoms with van der Waals surface area (Å²) in [5.41, 5.74) is 7.16. The average molecular weight is 270 g/mol. The summed E-state index contributed by atoms with van der Waals surface area (Å²) in [6, 6.07) is 4.70. The fourth-order valence-electron chi connectivity index (χ4n) is 2.66. The SMILES string of the molecule is CC1(C)CCC(N)(Cc2cc(Cl)ccc2F)CC1. The van der Waals surface area contributed by atoms with Gasteiger partial charge in [-0.1, -0.05) is 25.4 Å². The molecule has 3 heteroatoms. The van der Waals surface area contributed by atoms with E-state index in [2.05, 4.69) is 13.8 Å². The third-order valence-corrected chi connectivity index (χ3v) is 4.38. The molecular weight excluding hydrogens is 249 g/mol. The fraction of sp³-hybridized carbons (Fsp3) is 0.600. The number of benzene rings is 1. The lowest BCUT2D eigenvalue weighted by atomic mass is 9.68. The van der Waals surface area contributed by atoms with E-state index >= 15 is 0 Å². The van der Waals surface area contributed by atoms with E-state index in [1.807, 2.05) is 0 Å². The van der Waals surface area contributed by atoms with Gasteiger partial charge in [0, 0.05) is 10.6 Å². The average Bonchev–Trinajstić information content (AvgIpc) is 2.29. The Balaban J connectivity index is 2.11. The summed E-state index contributed by atoms with van der Waals surface area (Å²) in [5.74, 6) is -0.200. The van der Waals surface area contributed by atoms with Crippen LogP contribution in [-0.4, -0.2) is 5.54 Å². The Labute approximate surface area is 114 Å². The van der Waals surface area contributed by atoms with Gasteiger partial charge in [-0.2, -0.15) is 0 Å². The van der Waals surface area contributed by atoms with E-state index in [1.165, 1.54) is 6.07 Å². The fourth-order valence-corrected chi connectivity index (χ4v) is 2.85. The first-order valence-electron chi connectivity index (χ1n) is 6.53. The van der Waals surface area contributed by atoms with E-state index in [0.717, 1.165) is 25.7 Å². The molecular formula is C15H21ClFN. The number of nitrogens with two attached hydrogens (primary N) is 1. The minimum absolute atomic E-state index is 0.200. The Bertz CT molecular complexity index is 432. The van der Waals surface area contributed by atoms with Crippen LogP contribution in [0.5, 0.6) is 0 Å². The molecule has 0 radical (unpaired) electrons. The van der Waals surface area contributed by atoms with Crippen molar-refractivity contribution >= 4 is 11.6 Å². The molecule has 0 atom stereocenters. The molecule has 1 aliphatic carbocycles. The summed E-state index contributed by atoms with van der Waals surface area (Å²) in [6.07, 6.45) is 4.69. The van der Waals surface area contributed by atoms with E-state index in [9.17, 15) is 4.39 Å². The molecule has 1 nitrogen and oxygen atoms in total. The quantitative estimate of drug-likeness (QED) is 0.850. The number of halogens is 2. The van der Waals surface area contributed by atoms with Crippen LogP contribution in [0.2, 0.25) is 5.02 Å². The van der Waals surface area contributed by atoms with Crippen LogP contribution >= 0.6 is 11.6 Å². The van der Waals surface area contributed by atoms with Crippen molar-refractivity contribution in [3.05, 3.63) is 34.6 Å². The normalized spacial score (nSPS) is 21.8. The van der Waals surface area contributed by atoms with Gasteiger partial charge in [-0.15, -0.1) is 0 Å². The van der Waals surface area contributed by atoms with Crippen LogP contribution < -0.4 is 5.73 Å². The maximum Gasteiger partial charge on any atom is 0.126 e. The molecule has 1 fully saturated rings. The van der Waals surface area contributed by atoms with Gasteiger partial charge in [0.2, 0.25) is 0 Å². The Kier molecular flexibility index (Phi) is 3.70. The molecule has 100 valence electrons. The maximum atomic E-state index is 13.7. The van der Waals surface area contributed by atoms with Gasteiger partial charge in [-0.05, 0) is 61.3 Å². The minimum atomic E-state index is -0.277. The second-order valence-corrected chi connectivity index (χ2v) is 6.88. The van der Waals surface area contributed by atoms with E-state index in [4.69, 9.17) is 17.3 Å². The van der Waals surface area contributed by atoms with E-state index < -0.39 is 0 Å². The highest BCUT2D eigenvalue weighted by Gasteiger charge is 2.35. The smallest absolute Gasteiger partial charge is 0.126 e. The van der Waals surface area contributed by atoms with Crippen molar-refractivity contribution < 1.29 is 4.39 Å². The predicted octanol–water partition coefficient (Wildman–Crippen LogP) is 4.32. The van der Waals surface area contributed by atoms with Gasteiger partial charge in [0.25, 0.3) is 0 Å². The van der Waals surface area contributed by atoms with E-state index in [0.29, 0.717) is 22.4 Å². The highest BCUT2D eigenvalue weighted by molar-refractivity contribution is 6.30. The number of hydrogen-bond donors (Lipinski definition) is 1. The monoisotopic (exact) mass is 269 g/mol. The standard InChI is InChI=1S/C15H21ClFN/c1-14(2)5-7-15(18,8-6-14)10-11-9-12(16)3-4-13(11)17/h3-4,9H,5-8,10,18H2,1-2H3. The Morgan fingerprint density at radius 1 is 1.22 bits per heavy atom. The van der Waals surface area contributed by atoms with Gasteiger partial charge in [-0.3, -0.25) is 0 Å². The van der Waals surface area contributed by atoms with Gasteiger partial charge in [0.15, 0.2) is 0 Å². The number of hydrogen-bond acceptors (Lipinski definition) is 1. The number of rotatable bonds is 2. The van der Waals surface area contributed by atoms with Crippen LogP contribution in [0.1, 0.15) is 45.1 Å². The molecule has 0 heterocycles. The van der Waals surface area contributed by atoms with Crippen molar-refractivity contribution in [1.82, 2.24) is 0 Å².